The number of rotatable bonds is 6. The van der Waals surface area contributed by atoms with Crippen molar-refractivity contribution in [3.05, 3.63) is 18.3 Å². The van der Waals surface area contributed by atoms with Crippen molar-refractivity contribution in [2.24, 2.45) is 5.92 Å². The van der Waals surface area contributed by atoms with Gasteiger partial charge in [0.2, 0.25) is 0 Å². The highest BCUT2D eigenvalue weighted by molar-refractivity contribution is 5.49. The first-order chi connectivity index (χ1) is 7.59. The lowest BCUT2D eigenvalue weighted by atomic mass is 10.1. The third kappa shape index (κ3) is 4.51. The van der Waals surface area contributed by atoms with Crippen molar-refractivity contribution < 1.29 is 4.74 Å². The molecule has 16 heavy (non-hydrogen) atoms. The molecule has 3 nitrogen and oxygen atoms in total. The van der Waals surface area contributed by atoms with Gasteiger partial charge in [0.05, 0.1) is 6.10 Å². The van der Waals surface area contributed by atoms with Crippen LogP contribution in [0.5, 0.6) is 5.75 Å². The summed E-state index contributed by atoms with van der Waals surface area (Å²) in [5.41, 5.74) is 0. The molecule has 0 amide bonds. The molecular formula is C13H22N2O. The van der Waals surface area contributed by atoms with Crippen molar-refractivity contribution in [3.8, 4) is 5.75 Å². The number of hydrogen-bond acceptors (Lipinski definition) is 3. The molecule has 1 N–H and O–H groups in total. The SMILES string of the molecule is CC(C)CCNc1ncccc1OC(C)C. The van der Waals surface area contributed by atoms with Crippen LogP contribution >= 0.6 is 0 Å². The van der Waals surface area contributed by atoms with Crippen molar-refractivity contribution in [1.29, 1.82) is 0 Å². The van der Waals surface area contributed by atoms with Gasteiger partial charge in [0.1, 0.15) is 0 Å². The molecule has 1 rings (SSSR count). The van der Waals surface area contributed by atoms with Crippen LogP contribution in [-0.2, 0) is 0 Å². The molecule has 0 aliphatic heterocycles. The molecule has 3 heteroatoms. The van der Waals surface area contributed by atoms with Gasteiger partial charge in [0.15, 0.2) is 11.6 Å². The van der Waals surface area contributed by atoms with Crippen molar-refractivity contribution >= 4 is 5.82 Å². The summed E-state index contributed by atoms with van der Waals surface area (Å²) in [5, 5.41) is 3.31. The lowest BCUT2D eigenvalue weighted by molar-refractivity contribution is 0.243. The van der Waals surface area contributed by atoms with Crippen molar-refractivity contribution in [1.82, 2.24) is 4.98 Å². The Labute approximate surface area is 98.2 Å². The average molecular weight is 222 g/mol. The van der Waals surface area contributed by atoms with Gasteiger partial charge in [0, 0.05) is 12.7 Å². The van der Waals surface area contributed by atoms with Crippen LogP contribution in [0.3, 0.4) is 0 Å². The van der Waals surface area contributed by atoms with Crippen LogP contribution < -0.4 is 10.1 Å². The van der Waals surface area contributed by atoms with Gasteiger partial charge < -0.3 is 10.1 Å². The van der Waals surface area contributed by atoms with Crippen LogP contribution in [0.2, 0.25) is 0 Å². The molecule has 0 aliphatic carbocycles. The highest BCUT2D eigenvalue weighted by Gasteiger charge is 2.05. The van der Waals surface area contributed by atoms with Crippen molar-refractivity contribution in [2.75, 3.05) is 11.9 Å². The lowest BCUT2D eigenvalue weighted by Gasteiger charge is -2.14. The topological polar surface area (TPSA) is 34.2 Å². The smallest absolute Gasteiger partial charge is 0.168 e. The largest absolute Gasteiger partial charge is 0.487 e. The summed E-state index contributed by atoms with van der Waals surface area (Å²) in [5.74, 6) is 2.38. The minimum Gasteiger partial charge on any atom is -0.487 e. The van der Waals surface area contributed by atoms with Crippen LogP contribution in [-0.4, -0.2) is 17.6 Å². The average Bonchev–Trinajstić information content (AvgIpc) is 2.19. The summed E-state index contributed by atoms with van der Waals surface area (Å²) in [6, 6.07) is 3.84. The van der Waals surface area contributed by atoms with Gasteiger partial charge in [-0.3, -0.25) is 0 Å². The van der Waals surface area contributed by atoms with E-state index in [2.05, 4.69) is 24.1 Å². The highest BCUT2D eigenvalue weighted by Crippen LogP contribution is 2.22. The fraction of sp³-hybridized carbons (Fsp3) is 0.615. The molecule has 0 radical (unpaired) electrons. The van der Waals surface area contributed by atoms with E-state index >= 15 is 0 Å². The molecule has 0 aliphatic rings. The monoisotopic (exact) mass is 222 g/mol. The predicted molar refractivity (Wildman–Crippen MR) is 67.9 cm³/mol. The third-order valence-electron chi connectivity index (χ3n) is 2.15. The normalized spacial score (nSPS) is 10.9. The number of anilines is 1. The highest BCUT2D eigenvalue weighted by atomic mass is 16.5. The van der Waals surface area contributed by atoms with Crippen LogP contribution in [0, 0.1) is 5.92 Å². The Morgan fingerprint density at radius 1 is 1.31 bits per heavy atom. The zero-order chi connectivity index (χ0) is 12.0. The van der Waals surface area contributed by atoms with Crippen LogP contribution in [0.4, 0.5) is 5.82 Å². The van der Waals surface area contributed by atoms with Gasteiger partial charge in [-0.25, -0.2) is 4.98 Å². The standard InChI is InChI=1S/C13H22N2O/c1-10(2)7-9-15-13-12(16-11(3)4)6-5-8-14-13/h5-6,8,10-11H,7,9H2,1-4H3,(H,14,15). The molecular weight excluding hydrogens is 200 g/mol. The number of nitrogens with one attached hydrogen (secondary N) is 1. The maximum atomic E-state index is 5.68. The molecule has 0 fully saturated rings. The Kier molecular flexibility index (Phi) is 5.09. The fourth-order valence-electron chi connectivity index (χ4n) is 1.35. The Hall–Kier alpha value is -1.25. The van der Waals surface area contributed by atoms with Crippen LogP contribution in [0.1, 0.15) is 34.1 Å². The minimum atomic E-state index is 0.176. The number of pyridine rings is 1. The molecule has 0 aromatic carbocycles. The lowest BCUT2D eigenvalue weighted by Crippen LogP contribution is -2.11. The Morgan fingerprint density at radius 3 is 2.69 bits per heavy atom. The van der Waals surface area contributed by atoms with E-state index in [1.807, 2.05) is 26.0 Å². The fourth-order valence-corrected chi connectivity index (χ4v) is 1.35. The van der Waals surface area contributed by atoms with E-state index < -0.39 is 0 Å². The van der Waals surface area contributed by atoms with E-state index in [0.717, 1.165) is 24.5 Å². The number of aromatic nitrogens is 1. The quantitative estimate of drug-likeness (QED) is 0.801. The van der Waals surface area contributed by atoms with E-state index in [-0.39, 0.29) is 6.10 Å². The third-order valence-corrected chi connectivity index (χ3v) is 2.15. The molecule has 0 spiro atoms. The molecule has 0 saturated heterocycles. The van der Waals surface area contributed by atoms with Crippen molar-refractivity contribution in [2.45, 2.75) is 40.2 Å². The second-order valence-electron chi connectivity index (χ2n) is 4.63. The zero-order valence-corrected chi connectivity index (χ0v) is 10.7. The Bertz CT molecular complexity index is 311. The van der Waals surface area contributed by atoms with Gasteiger partial charge in [-0.05, 0) is 38.3 Å². The minimum absolute atomic E-state index is 0.176. The molecule has 0 saturated carbocycles. The number of nitrogens with zero attached hydrogens (tertiary/aromatic N) is 1. The van der Waals surface area contributed by atoms with Gasteiger partial charge in [-0.15, -0.1) is 0 Å². The molecule has 1 aromatic heterocycles. The predicted octanol–water partition coefficient (Wildman–Crippen LogP) is 3.33. The number of hydrogen-bond donors (Lipinski definition) is 1. The van der Waals surface area contributed by atoms with Gasteiger partial charge >= 0.3 is 0 Å². The summed E-state index contributed by atoms with van der Waals surface area (Å²) >= 11 is 0. The van der Waals surface area contributed by atoms with E-state index in [4.69, 9.17) is 4.74 Å². The molecule has 1 heterocycles. The van der Waals surface area contributed by atoms with E-state index in [1.54, 1.807) is 6.20 Å². The molecule has 0 atom stereocenters. The van der Waals surface area contributed by atoms with E-state index in [1.165, 1.54) is 0 Å². The van der Waals surface area contributed by atoms with E-state index in [9.17, 15) is 0 Å². The second-order valence-corrected chi connectivity index (χ2v) is 4.63. The second kappa shape index (κ2) is 6.36. The Morgan fingerprint density at radius 2 is 2.06 bits per heavy atom. The first-order valence-electron chi connectivity index (χ1n) is 5.95. The van der Waals surface area contributed by atoms with Crippen molar-refractivity contribution in [3.63, 3.8) is 0 Å². The summed E-state index contributed by atoms with van der Waals surface area (Å²) in [4.78, 5) is 4.29. The molecule has 0 bridgehead atoms. The summed E-state index contributed by atoms with van der Waals surface area (Å²) in [6.45, 7) is 9.40. The Balaban J connectivity index is 2.56. The molecule has 90 valence electrons. The maximum Gasteiger partial charge on any atom is 0.168 e. The summed E-state index contributed by atoms with van der Waals surface area (Å²) in [7, 11) is 0. The first kappa shape index (κ1) is 12.8. The molecule has 0 unspecified atom stereocenters. The summed E-state index contributed by atoms with van der Waals surface area (Å²) < 4.78 is 5.68. The molecule has 1 aromatic rings. The first-order valence-corrected chi connectivity index (χ1v) is 5.95. The number of ether oxygens (including phenoxy) is 1. The van der Waals surface area contributed by atoms with Gasteiger partial charge in [0.25, 0.3) is 0 Å². The van der Waals surface area contributed by atoms with E-state index in [0.29, 0.717) is 5.92 Å². The summed E-state index contributed by atoms with van der Waals surface area (Å²) in [6.07, 6.45) is 3.10. The van der Waals surface area contributed by atoms with Gasteiger partial charge in [-0.2, -0.15) is 0 Å². The maximum absolute atomic E-state index is 5.68. The van der Waals surface area contributed by atoms with Crippen LogP contribution in [0.15, 0.2) is 18.3 Å². The van der Waals surface area contributed by atoms with Crippen LogP contribution in [0.25, 0.3) is 0 Å². The van der Waals surface area contributed by atoms with Gasteiger partial charge in [-0.1, -0.05) is 13.8 Å². The zero-order valence-electron chi connectivity index (χ0n) is 10.7.